The van der Waals surface area contributed by atoms with E-state index < -0.39 is 0 Å². The zero-order valence-electron chi connectivity index (χ0n) is 5.71. The van der Waals surface area contributed by atoms with Crippen LogP contribution in [0.15, 0.2) is 6.20 Å². The third kappa shape index (κ3) is 0.904. The monoisotopic (exact) mass is 154 g/mol. The maximum Gasteiger partial charge on any atom is 0.180 e. The van der Waals surface area contributed by atoms with Crippen LogP contribution in [0.3, 0.4) is 0 Å². The average molecular weight is 154 g/mol. The molecule has 1 aromatic rings. The van der Waals surface area contributed by atoms with Crippen LogP contribution in [0.2, 0.25) is 0 Å². The van der Waals surface area contributed by atoms with Gasteiger partial charge in [-0.15, -0.1) is 11.3 Å². The maximum absolute atomic E-state index is 5.50. The van der Waals surface area contributed by atoms with Crippen molar-refractivity contribution in [2.24, 2.45) is 0 Å². The molecule has 0 aromatic carbocycles. The minimum Gasteiger partial charge on any atom is -0.375 e. The highest BCUT2D eigenvalue weighted by Gasteiger charge is 2.20. The first kappa shape index (κ1) is 6.16. The van der Waals surface area contributed by atoms with Crippen LogP contribution in [0, 0.1) is 0 Å². The van der Waals surface area contributed by atoms with Gasteiger partial charge >= 0.3 is 0 Å². The highest BCUT2D eigenvalue weighted by Crippen LogP contribution is 2.39. The summed E-state index contributed by atoms with van der Waals surface area (Å²) in [6.45, 7) is 0. The highest BCUT2D eigenvalue weighted by atomic mass is 32.1. The van der Waals surface area contributed by atoms with E-state index in [4.69, 9.17) is 5.73 Å². The second-order valence-corrected chi connectivity index (χ2v) is 3.82. The van der Waals surface area contributed by atoms with Crippen molar-refractivity contribution in [3.05, 3.63) is 11.1 Å². The standard InChI is InChI=1S/C7H10N2S/c8-7-9-4-6(10-7)5-2-1-3-5/h4-5H,1-3H2,(H2,8,9). The zero-order valence-corrected chi connectivity index (χ0v) is 6.53. The summed E-state index contributed by atoms with van der Waals surface area (Å²) in [6.07, 6.45) is 5.97. The van der Waals surface area contributed by atoms with E-state index >= 15 is 0 Å². The van der Waals surface area contributed by atoms with Crippen molar-refractivity contribution in [2.45, 2.75) is 25.2 Å². The van der Waals surface area contributed by atoms with Crippen LogP contribution >= 0.6 is 11.3 Å². The lowest BCUT2D eigenvalue weighted by molar-refractivity contribution is 0.425. The van der Waals surface area contributed by atoms with Gasteiger partial charge in [-0.2, -0.15) is 0 Å². The number of anilines is 1. The van der Waals surface area contributed by atoms with Gasteiger partial charge in [-0.05, 0) is 18.8 Å². The Hall–Kier alpha value is -0.570. The van der Waals surface area contributed by atoms with Crippen molar-refractivity contribution in [2.75, 3.05) is 5.73 Å². The quantitative estimate of drug-likeness (QED) is 0.672. The topological polar surface area (TPSA) is 38.9 Å². The molecule has 10 heavy (non-hydrogen) atoms. The Bertz CT molecular complexity index is 227. The molecular weight excluding hydrogens is 144 g/mol. The molecule has 2 N–H and O–H groups in total. The molecule has 0 amide bonds. The van der Waals surface area contributed by atoms with E-state index in [0.29, 0.717) is 5.13 Å². The van der Waals surface area contributed by atoms with E-state index in [-0.39, 0.29) is 0 Å². The zero-order chi connectivity index (χ0) is 6.97. The van der Waals surface area contributed by atoms with Crippen molar-refractivity contribution in [1.29, 1.82) is 0 Å². The molecule has 1 aliphatic rings. The van der Waals surface area contributed by atoms with Gasteiger partial charge in [0.15, 0.2) is 5.13 Å². The predicted octanol–water partition coefficient (Wildman–Crippen LogP) is 1.99. The Balaban J connectivity index is 2.17. The Kier molecular flexibility index (Phi) is 1.38. The van der Waals surface area contributed by atoms with Gasteiger partial charge in [0.1, 0.15) is 0 Å². The Morgan fingerprint density at radius 2 is 2.40 bits per heavy atom. The molecule has 2 rings (SSSR count). The summed E-state index contributed by atoms with van der Waals surface area (Å²) in [5, 5.41) is 0.710. The van der Waals surface area contributed by atoms with E-state index in [0.717, 1.165) is 5.92 Å². The number of rotatable bonds is 1. The largest absolute Gasteiger partial charge is 0.375 e. The lowest BCUT2D eigenvalue weighted by Gasteiger charge is -2.23. The van der Waals surface area contributed by atoms with E-state index in [1.165, 1.54) is 24.1 Å². The molecule has 2 nitrogen and oxygen atoms in total. The normalized spacial score (nSPS) is 18.8. The van der Waals surface area contributed by atoms with Gasteiger partial charge in [-0.3, -0.25) is 0 Å². The first-order chi connectivity index (χ1) is 4.86. The second kappa shape index (κ2) is 2.23. The number of nitrogens with zero attached hydrogens (tertiary/aromatic N) is 1. The van der Waals surface area contributed by atoms with Crippen LogP contribution in [0.25, 0.3) is 0 Å². The molecular formula is C7H10N2S. The average Bonchev–Trinajstić information content (AvgIpc) is 2.10. The molecule has 0 radical (unpaired) electrons. The molecule has 1 heterocycles. The van der Waals surface area contributed by atoms with Crippen molar-refractivity contribution >= 4 is 16.5 Å². The molecule has 0 aliphatic heterocycles. The lowest BCUT2D eigenvalue weighted by Crippen LogP contribution is -2.06. The van der Waals surface area contributed by atoms with Crippen LogP contribution in [-0.2, 0) is 0 Å². The fourth-order valence-corrected chi connectivity index (χ4v) is 2.04. The Morgan fingerprint density at radius 1 is 1.60 bits per heavy atom. The van der Waals surface area contributed by atoms with Crippen molar-refractivity contribution in [3.8, 4) is 0 Å². The van der Waals surface area contributed by atoms with Gasteiger partial charge in [-0.1, -0.05) is 6.42 Å². The van der Waals surface area contributed by atoms with E-state index in [9.17, 15) is 0 Å². The molecule has 0 spiro atoms. The van der Waals surface area contributed by atoms with Crippen LogP contribution in [0.1, 0.15) is 30.1 Å². The van der Waals surface area contributed by atoms with Gasteiger partial charge in [0, 0.05) is 11.1 Å². The maximum atomic E-state index is 5.50. The van der Waals surface area contributed by atoms with Gasteiger partial charge in [0.05, 0.1) is 0 Å². The minimum atomic E-state index is 0.710. The summed E-state index contributed by atoms with van der Waals surface area (Å²) >= 11 is 1.64. The fraction of sp³-hybridized carbons (Fsp3) is 0.571. The summed E-state index contributed by atoms with van der Waals surface area (Å²) in [5.41, 5.74) is 5.50. The Morgan fingerprint density at radius 3 is 2.80 bits per heavy atom. The Labute approximate surface area is 64.1 Å². The van der Waals surface area contributed by atoms with E-state index in [1.54, 1.807) is 11.3 Å². The molecule has 0 atom stereocenters. The molecule has 0 saturated heterocycles. The summed E-state index contributed by atoms with van der Waals surface area (Å²) in [6, 6.07) is 0. The van der Waals surface area contributed by atoms with Crippen LogP contribution < -0.4 is 5.73 Å². The molecule has 0 bridgehead atoms. The molecule has 1 fully saturated rings. The summed E-state index contributed by atoms with van der Waals surface area (Å²) in [5.74, 6) is 0.787. The van der Waals surface area contributed by atoms with Gasteiger partial charge in [0.25, 0.3) is 0 Å². The van der Waals surface area contributed by atoms with E-state index in [2.05, 4.69) is 4.98 Å². The smallest absolute Gasteiger partial charge is 0.180 e. The predicted molar refractivity (Wildman–Crippen MR) is 43.1 cm³/mol. The van der Waals surface area contributed by atoms with E-state index in [1.807, 2.05) is 6.20 Å². The van der Waals surface area contributed by atoms with Crippen LogP contribution in [0.4, 0.5) is 5.13 Å². The van der Waals surface area contributed by atoms with Crippen molar-refractivity contribution in [3.63, 3.8) is 0 Å². The molecule has 3 heteroatoms. The number of aromatic nitrogens is 1. The highest BCUT2D eigenvalue weighted by molar-refractivity contribution is 7.15. The first-order valence-electron chi connectivity index (χ1n) is 3.57. The SMILES string of the molecule is Nc1ncc(C2CCC2)s1. The summed E-state index contributed by atoms with van der Waals surface area (Å²) in [7, 11) is 0. The molecule has 0 unspecified atom stereocenters. The van der Waals surface area contributed by atoms with Crippen LogP contribution in [-0.4, -0.2) is 4.98 Å². The molecule has 1 aliphatic carbocycles. The fourth-order valence-electron chi connectivity index (χ4n) is 1.18. The lowest BCUT2D eigenvalue weighted by atomic mass is 9.85. The third-order valence-electron chi connectivity index (χ3n) is 2.05. The minimum absolute atomic E-state index is 0.710. The molecule has 1 saturated carbocycles. The summed E-state index contributed by atoms with van der Waals surface area (Å²) < 4.78 is 0. The first-order valence-corrected chi connectivity index (χ1v) is 4.39. The number of hydrogen-bond donors (Lipinski definition) is 1. The van der Waals surface area contributed by atoms with Gasteiger partial charge in [-0.25, -0.2) is 4.98 Å². The molecule has 1 aromatic heterocycles. The van der Waals surface area contributed by atoms with Gasteiger partial charge in [0.2, 0.25) is 0 Å². The van der Waals surface area contributed by atoms with Crippen molar-refractivity contribution < 1.29 is 0 Å². The van der Waals surface area contributed by atoms with Crippen LogP contribution in [0.5, 0.6) is 0 Å². The molecule has 54 valence electrons. The number of nitrogen functional groups attached to an aromatic ring is 1. The second-order valence-electron chi connectivity index (χ2n) is 2.73. The van der Waals surface area contributed by atoms with Crippen molar-refractivity contribution in [1.82, 2.24) is 4.98 Å². The third-order valence-corrected chi connectivity index (χ3v) is 3.04. The number of nitrogens with two attached hydrogens (primary N) is 1. The number of thiazole rings is 1. The van der Waals surface area contributed by atoms with Gasteiger partial charge < -0.3 is 5.73 Å². The number of hydrogen-bond acceptors (Lipinski definition) is 3. The summed E-state index contributed by atoms with van der Waals surface area (Å²) in [4.78, 5) is 5.39.